The van der Waals surface area contributed by atoms with E-state index in [4.69, 9.17) is 32.9 Å². The molecule has 3 aromatic rings. The van der Waals surface area contributed by atoms with Crippen molar-refractivity contribution in [3.8, 4) is 11.7 Å². The number of anilines is 1. The number of aromatic nitrogens is 4. The molecule has 0 bridgehead atoms. The largest absolute Gasteiger partial charge is 0.495 e. The van der Waals surface area contributed by atoms with Crippen molar-refractivity contribution >= 4 is 40.8 Å². The highest BCUT2D eigenvalue weighted by molar-refractivity contribution is 6.32. The fourth-order valence-electron chi connectivity index (χ4n) is 4.62. The Bertz CT molecular complexity index is 1300. The van der Waals surface area contributed by atoms with Crippen molar-refractivity contribution in [3.05, 3.63) is 58.7 Å². The minimum absolute atomic E-state index is 0.0797. The van der Waals surface area contributed by atoms with Crippen LogP contribution in [-0.2, 0) is 9.59 Å². The molecule has 4 rings (SSSR count). The molecule has 1 aliphatic heterocycles. The quantitative estimate of drug-likeness (QED) is 0.380. The van der Waals surface area contributed by atoms with E-state index in [2.05, 4.69) is 15.3 Å². The number of hydrogen-bond acceptors (Lipinski definition) is 7. The molecule has 0 saturated carbocycles. The molecule has 2 aromatic heterocycles. The van der Waals surface area contributed by atoms with Crippen LogP contribution in [0.1, 0.15) is 45.2 Å². The van der Waals surface area contributed by atoms with Gasteiger partial charge in [-0.15, -0.1) is 0 Å². The number of methoxy groups -OCH3 is 1. The molecule has 1 saturated heterocycles. The second-order valence-electron chi connectivity index (χ2n) is 9.99. The Morgan fingerprint density at radius 2 is 1.95 bits per heavy atom. The molecule has 1 aliphatic rings. The number of carbonyl (C=O) groups excluding carboxylic acids is 2. The Morgan fingerprint density at radius 1 is 1.15 bits per heavy atom. The number of piperazine rings is 1. The van der Waals surface area contributed by atoms with Crippen molar-refractivity contribution < 1.29 is 14.3 Å². The molecule has 1 aromatic carbocycles. The molecule has 2 unspecified atom stereocenters. The Hall–Kier alpha value is -3.37. The second kappa shape index (κ2) is 12.7. The summed E-state index contributed by atoms with van der Waals surface area (Å²) in [5.74, 6) is 1.70. The summed E-state index contributed by atoms with van der Waals surface area (Å²) in [4.78, 5) is 43.1. The van der Waals surface area contributed by atoms with Crippen molar-refractivity contribution in [2.24, 2.45) is 5.92 Å². The van der Waals surface area contributed by atoms with Crippen molar-refractivity contribution in [3.63, 3.8) is 0 Å². The number of rotatable bonds is 9. The van der Waals surface area contributed by atoms with Gasteiger partial charge in [-0.25, -0.2) is 9.97 Å². The smallest absolute Gasteiger partial charge is 0.238 e. The third-order valence-corrected chi connectivity index (χ3v) is 7.08. The van der Waals surface area contributed by atoms with E-state index in [1.54, 1.807) is 48.6 Å². The van der Waals surface area contributed by atoms with Gasteiger partial charge in [0.15, 0.2) is 0 Å². The number of benzene rings is 1. The van der Waals surface area contributed by atoms with Gasteiger partial charge in [-0.2, -0.15) is 4.98 Å². The summed E-state index contributed by atoms with van der Waals surface area (Å²) in [7, 11) is 1.56. The van der Waals surface area contributed by atoms with Gasteiger partial charge in [0.25, 0.3) is 0 Å². The fourth-order valence-corrected chi connectivity index (χ4v) is 5.06. The maximum Gasteiger partial charge on any atom is 0.238 e. The van der Waals surface area contributed by atoms with Gasteiger partial charge < -0.3 is 19.9 Å². The zero-order valence-electron chi connectivity index (χ0n) is 22.5. The van der Waals surface area contributed by atoms with Crippen LogP contribution < -0.4 is 15.0 Å². The lowest BCUT2D eigenvalue weighted by molar-refractivity contribution is -0.133. The third kappa shape index (κ3) is 7.19. The summed E-state index contributed by atoms with van der Waals surface area (Å²) >= 11 is 12.7. The molecule has 0 spiro atoms. The van der Waals surface area contributed by atoms with Gasteiger partial charge in [-0.05, 0) is 30.5 Å². The zero-order chi connectivity index (χ0) is 28.1. The number of nitrogens with one attached hydrogen (secondary N) is 1. The number of nitrogens with zero attached hydrogens (tertiary/aromatic N) is 6. The normalized spacial score (nSPS) is 16.3. The highest BCUT2D eigenvalue weighted by Crippen LogP contribution is 2.28. The van der Waals surface area contributed by atoms with E-state index in [1.165, 1.54) is 0 Å². The van der Waals surface area contributed by atoms with E-state index >= 15 is 0 Å². The minimum Gasteiger partial charge on any atom is -0.495 e. The number of carbonyl (C=O) groups is 2. The van der Waals surface area contributed by atoms with Crippen LogP contribution in [0.4, 0.5) is 5.82 Å². The summed E-state index contributed by atoms with van der Waals surface area (Å²) < 4.78 is 6.89. The van der Waals surface area contributed by atoms with Crippen LogP contribution in [0, 0.1) is 5.92 Å². The van der Waals surface area contributed by atoms with Gasteiger partial charge in [0, 0.05) is 50.9 Å². The van der Waals surface area contributed by atoms with E-state index in [0.717, 1.165) is 5.56 Å². The van der Waals surface area contributed by atoms with Crippen molar-refractivity contribution in [2.75, 3.05) is 31.6 Å². The summed E-state index contributed by atoms with van der Waals surface area (Å²) in [6, 6.07) is 6.51. The topological polar surface area (TPSA) is 105 Å². The van der Waals surface area contributed by atoms with E-state index < -0.39 is 0 Å². The summed E-state index contributed by atoms with van der Waals surface area (Å²) in [5.41, 5.74) is 0.857. The SMILES string of the molecule is COc1ccc(C(C)NC(=O)CC2CN(C(=O)CC(C)C)CCN2c2cc(Cl)nc(-n3ccnc3)n2)cc1Cl. The minimum atomic E-state index is -0.317. The molecule has 12 heteroatoms. The molecule has 0 radical (unpaired) electrons. The number of imidazole rings is 1. The number of halogens is 2. The van der Waals surface area contributed by atoms with Crippen molar-refractivity contribution in [2.45, 2.75) is 45.7 Å². The lowest BCUT2D eigenvalue weighted by Crippen LogP contribution is -2.56. The first-order valence-corrected chi connectivity index (χ1v) is 13.6. The Morgan fingerprint density at radius 3 is 2.62 bits per heavy atom. The molecular formula is C27H33Cl2N7O3. The van der Waals surface area contributed by atoms with Crippen LogP contribution in [0.5, 0.6) is 5.75 Å². The molecule has 208 valence electrons. The van der Waals surface area contributed by atoms with Gasteiger partial charge >= 0.3 is 0 Å². The maximum absolute atomic E-state index is 13.3. The Balaban J connectivity index is 1.55. The third-order valence-electron chi connectivity index (χ3n) is 6.59. The first kappa shape index (κ1) is 28.6. The molecule has 0 aliphatic carbocycles. The van der Waals surface area contributed by atoms with Crippen LogP contribution in [0.2, 0.25) is 10.2 Å². The van der Waals surface area contributed by atoms with Crippen molar-refractivity contribution in [1.29, 1.82) is 0 Å². The summed E-state index contributed by atoms with van der Waals surface area (Å²) in [6.07, 6.45) is 5.57. The molecular weight excluding hydrogens is 541 g/mol. The first-order chi connectivity index (χ1) is 18.6. The highest BCUT2D eigenvalue weighted by Gasteiger charge is 2.33. The van der Waals surface area contributed by atoms with Crippen LogP contribution in [0.25, 0.3) is 5.95 Å². The molecule has 2 amide bonds. The molecule has 39 heavy (non-hydrogen) atoms. The van der Waals surface area contributed by atoms with Gasteiger partial charge in [-0.3, -0.25) is 14.2 Å². The lowest BCUT2D eigenvalue weighted by Gasteiger charge is -2.42. The van der Waals surface area contributed by atoms with Crippen molar-refractivity contribution in [1.82, 2.24) is 29.7 Å². The monoisotopic (exact) mass is 573 g/mol. The maximum atomic E-state index is 13.3. The predicted molar refractivity (Wildman–Crippen MR) is 151 cm³/mol. The standard InChI is InChI=1S/C27H33Cl2N7O3/c1-17(2)11-26(38)34-9-10-36(24-14-23(29)32-27(33-24)35-8-7-30-16-35)20(15-34)13-25(37)31-18(3)19-5-6-22(39-4)21(28)12-19/h5-8,12,14,16-18,20H,9-11,13,15H2,1-4H3,(H,31,37). The number of hydrogen-bond donors (Lipinski definition) is 1. The van der Waals surface area contributed by atoms with E-state index in [1.807, 2.05) is 36.6 Å². The van der Waals surface area contributed by atoms with Crippen LogP contribution in [-0.4, -0.2) is 69.0 Å². The van der Waals surface area contributed by atoms with E-state index in [0.29, 0.717) is 48.6 Å². The first-order valence-electron chi connectivity index (χ1n) is 12.8. The molecule has 1 fully saturated rings. The van der Waals surface area contributed by atoms with Gasteiger partial charge in [0.2, 0.25) is 17.8 Å². The van der Waals surface area contributed by atoms with Gasteiger partial charge in [0.05, 0.1) is 24.2 Å². The lowest BCUT2D eigenvalue weighted by atomic mass is 10.0. The Labute approximate surface area is 238 Å². The molecule has 10 nitrogen and oxygen atoms in total. The van der Waals surface area contributed by atoms with Crippen LogP contribution in [0.3, 0.4) is 0 Å². The Kier molecular flexibility index (Phi) is 9.29. The molecule has 2 atom stereocenters. The highest BCUT2D eigenvalue weighted by atomic mass is 35.5. The van der Waals surface area contributed by atoms with Gasteiger partial charge in [0.1, 0.15) is 23.0 Å². The average Bonchev–Trinajstić information content (AvgIpc) is 3.43. The number of ether oxygens (including phenoxy) is 1. The second-order valence-corrected chi connectivity index (χ2v) is 10.8. The predicted octanol–water partition coefficient (Wildman–Crippen LogP) is 4.31. The summed E-state index contributed by atoms with van der Waals surface area (Å²) in [5, 5.41) is 3.81. The van der Waals surface area contributed by atoms with E-state index in [-0.39, 0.29) is 41.4 Å². The van der Waals surface area contributed by atoms with Gasteiger partial charge in [-0.1, -0.05) is 43.1 Å². The van der Waals surface area contributed by atoms with E-state index in [9.17, 15) is 9.59 Å². The van der Waals surface area contributed by atoms with Crippen LogP contribution >= 0.6 is 23.2 Å². The fraction of sp³-hybridized carbons (Fsp3) is 0.444. The summed E-state index contributed by atoms with van der Waals surface area (Å²) in [6.45, 7) is 7.35. The van der Waals surface area contributed by atoms with Crippen LogP contribution in [0.15, 0.2) is 43.0 Å². The molecule has 1 N–H and O–H groups in total. The zero-order valence-corrected chi connectivity index (χ0v) is 24.0. The average molecular weight is 575 g/mol. The molecule has 3 heterocycles. The number of amides is 2.